The van der Waals surface area contributed by atoms with Crippen molar-refractivity contribution in [1.29, 1.82) is 0 Å². The first-order chi connectivity index (χ1) is 11.6. The van der Waals surface area contributed by atoms with Crippen LogP contribution in [0.1, 0.15) is 85.0 Å². The van der Waals surface area contributed by atoms with Crippen molar-refractivity contribution in [2.75, 3.05) is 13.2 Å². The molecule has 0 N–H and O–H groups in total. The number of esters is 2. The third-order valence-corrected chi connectivity index (χ3v) is 3.51. The summed E-state index contributed by atoms with van der Waals surface area (Å²) in [5, 5.41) is 0. The van der Waals surface area contributed by atoms with Crippen molar-refractivity contribution in [2.45, 2.75) is 85.0 Å². The van der Waals surface area contributed by atoms with Crippen molar-refractivity contribution in [1.82, 2.24) is 0 Å². The molecule has 0 spiro atoms. The molecular formula is C20H36O4. The Morgan fingerprint density at radius 3 is 2.00 bits per heavy atom. The number of hydrogen-bond donors (Lipinski definition) is 0. The zero-order valence-corrected chi connectivity index (χ0v) is 15.9. The Hall–Kier alpha value is -1.32. The van der Waals surface area contributed by atoms with Gasteiger partial charge in [-0.3, -0.25) is 9.59 Å². The second-order valence-electron chi connectivity index (χ2n) is 6.61. The van der Waals surface area contributed by atoms with Gasteiger partial charge in [0, 0.05) is 12.8 Å². The summed E-state index contributed by atoms with van der Waals surface area (Å²) in [7, 11) is 0. The molecule has 0 aromatic carbocycles. The average molecular weight is 341 g/mol. The summed E-state index contributed by atoms with van der Waals surface area (Å²) in [4.78, 5) is 23.0. The van der Waals surface area contributed by atoms with Gasteiger partial charge in [-0.1, -0.05) is 45.8 Å². The van der Waals surface area contributed by atoms with Gasteiger partial charge >= 0.3 is 11.9 Å². The predicted molar refractivity (Wildman–Crippen MR) is 97.7 cm³/mol. The van der Waals surface area contributed by atoms with Gasteiger partial charge in [0.1, 0.15) is 0 Å². The molecule has 0 radical (unpaired) electrons. The Kier molecular flexibility index (Phi) is 15.6. The monoisotopic (exact) mass is 340 g/mol. The second kappa shape index (κ2) is 16.5. The van der Waals surface area contributed by atoms with Crippen LogP contribution in [0.2, 0.25) is 0 Å². The largest absolute Gasteiger partial charge is 0.466 e. The molecule has 140 valence electrons. The van der Waals surface area contributed by atoms with Crippen molar-refractivity contribution in [3.05, 3.63) is 12.2 Å². The Labute approximate surface area is 148 Å². The highest BCUT2D eigenvalue weighted by Crippen LogP contribution is 2.05. The van der Waals surface area contributed by atoms with Crippen LogP contribution in [0.5, 0.6) is 0 Å². The minimum Gasteiger partial charge on any atom is -0.466 e. The van der Waals surface area contributed by atoms with E-state index in [-0.39, 0.29) is 11.9 Å². The normalized spacial score (nSPS) is 11.2. The lowest BCUT2D eigenvalue weighted by atomic mass is 10.2. The predicted octanol–water partition coefficient (Wildman–Crippen LogP) is 5.21. The summed E-state index contributed by atoms with van der Waals surface area (Å²) in [5.41, 5.74) is 0. The molecule has 0 amide bonds. The highest BCUT2D eigenvalue weighted by atomic mass is 16.5. The minimum absolute atomic E-state index is 0.169. The molecule has 0 aliphatic heterocycles. The molecule has 0 unspecified atom stereocenters. The van der Waals surface area contributed by atoms with Crippen LogP contribution in [0.3, 0.4) is 0 Å². The van der Waals surface area contributed by atoms with E-state index in [9.17, 15) is 9.59 Å². The molecule has 0 saturated heterocycles. The van der Waals surface area contributed by atoms with E-state index in [0.29, 0.717) is 44.8 Å². The molecule has 0 aromatic rings. The fourth-order valence-corrected chi connectivity index (χ4v) is 2.08. The quantitative estimate of drug-likeness (QED) is 0.233. The van der Waals surface area contributed by atoms with Gasteiger partial charge in [-0.2, -0.15) is 0 Å². The summed E-state index contributed by atoms with van der Waals surface area (Å²) in [5.74, 6) is 0.00961. The van der Waals surface area contributed by atoms with E-state index in [1.807, 2.05) is 13.8 Å². The Morgan fingerprint density at radius 1 is 0.833 bits per heavy atom. The molecule has 0 aliphatic rings. The molecule has 0 bridgehead atoms. The molecule has 0 fully saturated rings. The fourth-order valence-electron chi connectivity index (χ4n) is 2.08. The van der Waals surface area contributed by atoms with E-state index in [1.54, 1.807) is 0 Å². The third-order valence-electron chi connectivity index (χ3n) is 3.51. The first kappa shape index (κ1) is 22.7. The maximum Gasteiger partial charge on any atom is 0.305 e. The van der Waals surface area contributed by atoms with Crippen molar-refractivity contribution in [3.8, 4) is 0 Å². The Morgan fingerprint density at radius 2 is 1.42 bits per heavy atom. The van der Waals surface area contributed by atoms with Gasteiger partial charge in [0.25, 0.3) is 0 Å². The van der Waals surface area contributed by atoms with Crippen molar-refractivity contribution >= 4 is 11.9 Å². The van der Waals surface area contributed by atoms with Crippen molar-refractivity contribution in [3.63, 3.8) is 0 Å². The summed E-state index contributed by atoms with van der Waals surface area (Å²) >= 11 is 0. The molecule has 0 saturated carbocycles. The molecule has 0 rings (SSSR count). The van der Waals surface area contributed by atoms with E-state index < -0.39 is 0 Å². The lowest BCUT2D eigenvalue weighted by molar-refractivity contribution is -0.146. The number of carbonyl (C=O) groups excluding carboxylic acids is 2. The van der Waals surface area contributed by atoms with E-state index in [2.05, 4.69) is 19.1 Å². The molecule has 0 aromatic heterocycles. The van der Waals surface area contributed by atoms with Crippen LogP contribution in [-0.4, -0.2) is 25.2 Å². The first-order valence-corrected chi connectivity index (χ1v) is 9.52. The van der Waals surface area contributed by atoms with Crippen molar-refractivity contribution in [2.24, 2.45) is 5.92 Å². The summed E-state index contributed by atoms with van der Waals surface area (Å²) in [6.45, 7) is 7.16. The minimum atomic E-state index is -0.178. The molecule has 0 heterocycles. The summed E-state index contributed by atoms with van der Waals surface area (Å²) in [6, 6.07) is 0. The van der Waals surface area contributed by atoms with Crippen LogP contribution in [0, 0.1) is 5.92 Å². The van der Waals surface area contributed by atoms with Gasteiger partial charge in [-0.15, -0.1) is 0 Å². The third kappa shape index (κ3) is 17.0. The SMILES string of the molecule is CCCCC/C=C/CCCOC(=O)CCCCC(=O)OCC(C)C. The van der Waals surface area contributed by atoms with E-state index in [0.717, 1.165) is 19.3 Å². The van der Waals surface area contributed by atoms with Crippen LogP contribution in [0.25, 0.3) is 0 Å². The zero-order chi connectivity index (χ0) is 18.0. The standard InChI is InChI=1S/C20H36O4/c1-4-5-6-7-8-9-10-13-16-23-19(21)14-11-12-15-20(22)24-17-18(2)3/h8-9,18H,4-7,10-17H2,1-3H3/b9-8+. The average Bonchev–Trinajstić information content (AvgIpc) is 2.55. The molecule has 0 aliphatic carbocycles. The van der Waals surface area contributed by atoms with Gasteiger partial charge in [-0.25, -0.2) is 0 Å². The Balaban J connectivity index is 3.39. The van der Waals surface area contributed by atoms with Gasteiger partial charge < -0.3 is 9.47 Å². The lowest BCUT2D eigenvalue weighted by Crippen LogP contribution is -2.10. The van der Waals surface area contributed by atoms with E-state index in [1.165, 1.54) is 19.3 Å². The van der Waals surface area contributed by atoms with Crippen LogP contribution >= 0.6 is 0 Å². The van der Waals surface area contributed by atoms with Gasteiger partial charge in [0.15, 0.2) is 0 Å². The number of unbranched alkanes of at least 4 members (excludes halogenated alkanes) is 5. The molecule has 4 heteroatoms. The lowest BCUT2D eigenvalue weighted by Gasteiger charge is -2.07. The maximum absolute atomic E-state index is 11.6. The second-order valence-corrected chi connectivity index (χ2v) is 6.61. The van der Waals surface area contributed by atoms with Crippen LogP contribution in [-0.2, 0) is 19.1 Å². The number of ether oxygens (including phenoxy) is 2. The molecule has 0 atom stereocenters. The molecule has 4 nitrogen and oxygen atoms in total. The van der Waals surface area contributed by atoms with Crippen LogP contribution in [0.15, 0.2) is 12.2 Å². The summed E-state index contributed by atoms with van der Waals surface area (Å²) in [6.07, 6.45) is 13.3. The van der Waals surface area contributed by atoms with Gasteiger partial charge in [-0.05, 0) is 44.4 Å². The first-order valence-electron chi connectivity index (χ1n) is 9.52. The summed E-state index contributed by atoms with van der Waals surface area (Å²) < 4.78 is 10.3. The molecular weight excluding hydrogens is 304 g/mol. The van der Waals surface area contributed by atoms with Crippen LogP contribution < -0.4 is 0 Å². The van der Waals surface area contributed by atoms with Gasteiger partial charge in [0.05, 0.1) is 13.2 Å². The topological polar surface area (TPSA) is 52.6 Å². The number of rotatable bonds is 15. The fraction of sp³-hybridized carbons (Fsp3) is 0.800. The highest BCUT2D eigenvalue weighted by Gasteiger charge is 2.06. The number of hydrogen-bond acceptors (Lipinski definition) is 4. The number of carbonyl (C=O) groups is 2. The van der Waals surface area contributed by atoms with Crippen molar-refractivity contribution < 1.29 is 19.1 Å². The Bertz CT molecular complexity index is 348. The van der Waals surface area contributed by atoms with E-state index >= 15 is 0 Å². The number of allylic oxidation sites excluding steroid dienone is 2. The van der Waals surface area contributed by atoms with E-state index in [4.69, 9.17) is 9.47 Å². The zero-order valence-electron chi connectivity index (χ0n) is 15.9. The highest BCUT2D eigenvalue weighted by molar-refractivity contribution is 5.70. The maximum atomic E-state index is 11.6. The van der Waals surface area contributed by atoms with Gasteiger partial charge in [0.2, 0.25) is 0 Å². The smallest absolute Gasteiger partial charge is 0.305 e. The van der Waals surface area contributed by atoms with Crippen LogP contribution in [0.4, 0.5) is 0 Å². The molecule has 24 heavy (non-hydrogen) atoms.